The Morgan fingerprint density at radius 2 is 1.67 bits per heavy atom. The highest BCUT2D eigenvalue weighted by atomic mass is 15.1. The molecule has 21 heavy (non-hydrogen) atoms. The average Bonchev–Trinajstić information content (AvgIpc) is 3.29. The molecule has 0 saturated heterocycles. The molecule has 1 aliphatic rings. The Morgan fingerprint density at radius 1 is 1.00 bits per heavy atom. The molecule has 0 aromatic carbocycles. The summed E-state index contributed by atoms with van der Waals surface area (Å²) < 4.78 is 0. The van der Waals surface area contributed by atoms with E-state index in [1.54, 1.807) is 0 Å². The first kappa shape index (κ1) is 16.1. The third kappa shape index (κ3) is 5.18. The average molecular weight is 290 g/mol. The van der Waals surface area contributed by atoms with Gasteiger partial charge in [0.05, 0.1) is 0 Å². The Bertz CT molecular complexity index is 441. The molecule has 4 heteroatoms. The molecule has 1 fully saturated rings. The summed E-state index contributed by atoms with van der Waals surface area (Å²) in [4.78, 5) is 9.37. The number of nitrogens with zero attached hydrogens (tertiary/aromatic N) is 2. The number of aromatic nitrogens is 2. The SMILES string of the molecule is CCCNc1nc(CCC)nc(NCCCC2CC2)c1C. The predicted molar refractivity (Wildman–Crippen MR) is 90.0 cm³/mol. The summed E-state index contributed by atoms with van der Waals surface area (Å²) in [6.07, 6.45) is 8.62. The van der Waals surface area contributed by atoms with Gasteiger partial charge in [-0.05, 0) is 38.5 Å². The highest BCUT2D eigenvalue weighted by Crippen LogP contribution is 2.33. The van der Waals surface area contributed by atoms with Crippen molar-refractivity contribution in [2.24, 2.45) is 5.92 Å². The van der Waals surface area contributed by atoms with Crippen molar-refractivity contribution in [1.82, 2.24) is 9.97 Å². The fraction of sp³-hybridized carbons (Fsp3) is 0.765. The number of hydrogen-bond acceptors (Lipinski definition) is 4. The molecule has 0 atom stereocenters. The van der Waals surface area contributed by atoms with Crippen LogP contribution in [0.3, 0.4) is 0 Å². The standard InChI is InChI=1S/C17H30N4/c1-4-7-15-20-16(18-11-5-2)13(3)17(21-15)19-12-6-8-14-9-10-14/h14H,4-12H2,1-3H3,(H2,18,19,20,21). The van der Waals surface area contributed by atoms with Crippen molar-refractivity contribution in [2.45, 2.75) is 65.7 Å². The topological polar surface area (TPSA) is 49.8 Å². The monoisotopic (exact) mass is 290 g/mol. The van der Waals surface area contributed by atoms with Gasteiger partial charge >= 0.3 is 0 Å². The number of anilines is 2. The molecule has 118 valence electrons. The number of rotatable bonds is 10. The third-order valence-electron chi connectivity index (χ3n) is 3.99. The van der Waals surface area contributed by atoms with Crippen LogP contribution in [0.1, 0.15) is 63.8 Å². The van der Waals surface area contributed by atoms with Crippen molar-refractivity contribution in [3.8, 4) is 0 Å². The number of hydrogen-bond donors (Lipinski definition) is 2. The molecular weight excluding hydrogens is 260 g/mol. The molecule has 2 N–H and O–H groups in total. The summed E-state index contributed by atoms with van der Waals surface area (Å²) in [5.74, 6) is 3.98. The summed E-state index contributed by atoms with van der Waals surface area (Å²) in [5, 5.41) is 6.95. The van der Waals surface area contributed by atoms with E-state index in [-0.39, 0.29) is 0 Å². The summed E-state index contributed by atoms with van der Waals surface area (Å²) in [6, 6.07) is 0. The quantitative estimate of drug-likeness (QED) is 0.635. The van der Waals surface area contributed by atoms with E-state index in [2.05, 4.69) is 36.4 Å². The highest BCUT2D eigenvalue weighted by Gasteiger charge is 2.20. The fourth-order valence-corrected chi connectivity index (χ4v) is 2.49. The van der Waals surface area contributed by atoms with Gasteiger partial charge in [0.2, 0.25) is 0 Å². The molecule has 1 saturated carbocycles. The lowest BCUT2D eigenvalue weighted by molar-refractivity contribution is 0.685. The molecule has 0 aliphatic heterocycles. The van der Waals surface area contributed by atoms with Crippen molar-refractivity contribution in [3.05, 3.63) is 11.4 Å². The van der Waals surface area contributed by atoms with Crippen molar-refractivity contribution in [2.75, 3.05) is 23.7 Å². The normalized spacial score (nSPS) is 14.2. The maximum Gasteiger partial charge on any atom is 0.134 e. The van der Waals surface area contributed by atoms with E-state index in [4.69, 9.17) is 4.98 Å². The number of nitrogens with one attached hydrogen (secondary N) is 2. The minimum Gasteiger partial charge on any atom is -0.370 e. The lowest BCUT2D eigenvalue weighted by Crippen LogP contribution is -2.12. The lowest BCUT2D eigenvalue weighted by atomic mass is 10.2. The van der Waals surface area contributed by atoms with Gasteiger partial charge in [0.25, 0.3) is 0 Å². The van der Waals surface area contributed by atoms with E-state index in [0.29, 0.717) is 0 Å². The Morgan fingerprint density at radius 3 is 2.24 bits per heavy atom. The summed E-state index contributed by atoms with van der Waals surface area (Å²) >= 11 is 0. The van der Waals surface area contributed by atoms with Crippen LogP contribution < -0.4 is 10.6 Å². The van der Waals surface area contributed by atoms with Gasteiger partial charge in [-0.1, -0.05) is 26.7 Å². The molecule has 0 unspecified atom stereocenters. The Labute approximate surface area is 129 Å². The van der Waals surface area contributed by atoms with E-state index in [1.807, 2.05) is 0 Å². The van der Waals surface area contributed by atoms with Crippen LogP contribution in [0.2, 0.25) is 0 Å². The van der Waals surface area contributed by atoms with Gasteiger partial charge < -0.3 is 10.6 Å². The van der Waals surface area contributed by atoms with Gasteiger partial charge in [-0.3, -0.25) is 0 Å². The van der Waals surface area contributed by atoms with Crippen molar-refractivity contribution in [1.29, 1.82) is 0 Å². The summed E-state index contributed by atoms with van der Waals surface area (Å²) in [6.45, 7) is 8.44. The van der Waals surface area contributed by atoms with Gasteiger partial charge in [-0.15, -0.1) is 0 Å². The molecule has 0 radical (unpaired) electrons. The van der Waals surface area contributed by atoms with E-state index < -0.39 is 0 Å². The Kier molecular flexibility index (Phi) is 6.27. The minimum absolute atomic E-state index is 0.942. The second-order valence-corrected chi connectivity index (χ2v) is 6.15. The van der Waals surface area contributed by atoms with Crippen LogP contribution in [0.4, 0.5) is 11.6 Å². The van der Waals surface area contributed by atoms with E-state index in [0.717, 1.165) is 61.3 Å². The summed E-state index contributed by atoms with van der Waals surface area (Å²) in [7, 11) is 0. The second kappa shape index (κ2) is 8.20. The minimum atomic E-state index is 0.942. The van der Waals surface area contributed by atoms with Crippen molar-refractivity contribution >= 4 is 11.6 Å². The molecule has 4 nitrogen and oxygen atoms in total. The van der Waals surface area contributed by atoms with Crippen LogP contribution in [0.5, 0.6) is 0 Å². The molecule has 0 spiro atoms. The van der Waals surface area contributed by atoms with Gasteiger partial charge in [0, 0.05) is 25.1 Å². The lowest BCUT2D eigenvalue weighted by Gasteiger charge is -2.15. The highest BCUT2D eigenvalue weighted by molar-refractivity contribution is 5.57. The van der Waals surface area contributed by atoms with Crippen LogP contribution >= 0.6 is 0 Å². The predicted octanol–water partition coefficient (Wildman–Crippen LogP) is 4.16. The van der Waals surface area contributed by atoms with Crippen LogP contribution in [0.25, 0.3) is 0 Å². The third-order valence-corrected chi connectivity index (χ3v) is 3.99. The molecule has 0 bridgehead atoms. The number of aryl methyl sites for hydroxylation is 1. The van der Waals surface area contributed by atoms with Crippen LogP contribution in [-0.2, 0) is 6.42 Å². The van der Waals surface area contributed by atoms with E-state index >= 15 is 0 Å². The van der Waals surface area contributed by atoms with Gasteiger partial charge in [0.15, 0.2) is 0 Å². The largest absolute Gasteiger partial charge is 0.370 e. The molecule has 1 aromatic heterocycles. The van der Waals surface area contributed by atoms with Gasteiger partial charge in [-0.25, -0.2) is 9.97 Å². The first-order chi connectivity index (χ1) is 10.2. The molecule has 1 aromatic rings. The maximum atomic E-state index is 4.70. The molecule has 2 rings (SSSR count). The van der Waals surface area contributed by atoms with Crippen LogP contribution in [0.15, 0.2) is 0 Å². The second-order valence-electron chi connectivity index (χ2n) is 6.15. The van der Waals surface area contributed by atoms with E-state index in [1.165, 1.54) is 25.7 Å². The fourth-order valence-electron chi connectivity index (χ4n) is 2.49. The molecule has 1 heterocycles. The Balaban J connectivity index is 1.99. The zero-order chi connectivity index (χ0) is 15.1. The smallest absolute Gasteiger partial charge is 0.134 e. The Hall–Kier alpha value is -1.32. The zero-order valence-corrected chi connectivity index (χ0v) is 13.8. The van der Waals surface area contributed by atoms with E-state index in [9.17, 15) is 0 Å². The zero-order valence-electron chi connectivity index (χ0n) is 13.8. The maximum absolute atomic E-state index is 4.70. The molecule has 1 aliphatic carbocycles. The van der Waals surface area contributed by atoms with Crippen molar-refractivity contribution < 1.29 is 0 Å². The van der Waals surface area contributed by atoms with Crippen LogP contribution in [-0.4, -0.2) is 23.1 Å². The van der Waals surface area contributed by atoms with Gasteiger partial charge in [0.1, 0.15) is 17.5 Å². The van der Waals surface area contributed by atoms with Crippen molar-refractivity contribution in [3.63, 3.8) is 0 Å². The first-order valence-corrected chi connectivity index (χ1v) is 8.59. The summed E-state index contributed by atoms with van der Waals surface area (Å²) in [5.41, 5.74) is 1.15. The molecule has 0 amide bonds. The van der Waals surface area contributed by atoms with Crippen LogP contribution in [0, 0.1) is 12.8 Å². The molecular formula is C17H30N4. The van der Waals surface area contributed by atoms with Gasteiger partial charge in [-0.2, -0.15) is 0 Å². The first-order valence-electron chi connectivity index (χ1n) is 8.59.